The van der Waals surface area contributed by atoms with Gasteiger partial charge in [0.15, 0.2) is 5.75 Å². The summed E-state index contributed by atoms with van der Waals surface area (Å²) in [6.45, 7) is 0. The van der Waals surface area contributed by atoms with E-state index in [0.29, 0.717) is 17.3 Å². The molecule has 0 unspecified atom stereocenters. The van der Waals surface area contributed by atoms with Crippen LogP contribution in [0.15, 0.2) is 53.3 Å². The van der Waals surface area contributed by atoms with E-state index >= 15 is 0 Å². The van der Waals surface area contributed by atoms with Gasteiger partial charge in [-0.1, -0.05) is 18.2 Å². The zero-order chi connectivity index (χ0) is 13.2. The van der Waals surface area contributed by atoms with E-state index in [9.17, 15) is 0 Å². The van der Waals surface area contributed by atoms with Crippen molar-refractivity contribution in [1.29, 1.82) is 0 Å². The SMILES string of the molecule is Nc1cc(Br)cnc1Oc1cccc2cccnc12. The lowest BCUT2D eigenvalue weighted by Crippen LogP contribution is -1.95. The van der Waals surface area contributed by atoms with E-state index in [0.717, 1.165) is 15.4 Å². The molecular weight excluding hydrogens is 306 g/mol. The smallest absolute Gasteiger partial charge is 0.242 e. The van der Waals surface area contributed by atoms with Crippen molar-refractivity contribution in [2.45, 2.75) is 0 Å². The Morgan fingerprint density at radius 2 is 1.95 bits per heavy atom. The van der Waals surface area contributed by atoms with Crippen LogP contribution in [0.2, 0.25) is 0 Å². The van der Waals surface area contributed by atoms with Gasteiger partial charge in [0, 0.05) is 22.3 Å². The minimum absolute atomic E-state index is 0.376. The molecule has 5 heteroatoms. The Labute approximate surface area is 118 Å². The number of nitrogen functional groups attached to an aromatic ring is 1. The first-order chi connectivity index (χ1) is 9.24. The molecule has 0 aliphatic heterocycles. The number of nitrogens with zero attached hydrogens (tertiary/aromatic N) is 2. The Hall–Kier alpha value is -2.14. The third kappa shape index (κ3) is 2.37. The monoisotopic (exact) mass is 315 g/mol. The van der Waals surface area contributed by atoms with Gasteiger partial charge in [0.1, 0.15) is 5.52 Å². The number of hydrogen-bond acceptors (Lipinski definition) is 4. The number of hydrogen-bond donors (Lipinski definition) is 1. The lowest BCUT2D eigenvalue weighted by atomic mass is 10.2. The number of rotatable bonds is 2. The average molecular weight is 316 g/mol. The van der Waals surface area contributed by atoms with Crippen molar-refractivity contribution in [2.24, 2.45) is 0 Å². The molecule has 4 nitrogen and oxygen atoms in total. The highest BCUT2D eigenvalue weighted by atomic mass is 79.9. The molecule has 0 fully saturated rings. The summed E-state index contributed by atoms with van der Waals surface area (Å²) >= 11 is 3.31. The molecule has 0 saturated carbocycles. The summed E-state index contributed by atoms with van der Waals surface area (Å²) in [6.07, 6.45) is 3.37. The van der Waals surface area contributed by atoms with Crippen LogP contribution < -0.4 is 10.5 Å². The van der Waals surface area contributed by atoms with Gasteiger partial charge in [-0.2, -0.15) is 0 Å². The van der Waals surface area contributed by atoms with Crippen molar-refractivity contribution in [3.05, 3.63) is 53.3 Å². The van der Waals surface area contributed by atoms with Gasteiger partial charge < -0.3 is 10.5 Å². The maximum atomic E-state index is 5.88. The summed E-state index contributed by atoms with van der Waals surface area (Å²) in [5, 5.41) is 1.01. The van der Waals surface area contributed by atoms with Crippen LogP contribution in [0.5, 0.6) is 11.6 Å². The molecule has 2 aromatic heterocycles. The fourth-order valence-electron chi connectivity index (χ4n) is 1.79. The van der Waals surface area contributed by atoms with Gasteiger partial charge in [0.25, 0.3) is 0 Å². The highest BCUT2D eigenvalue weighted by molar-refractivity contribution is 9.10. The molecule has 0 aliphatic carbocycles. The minimum atomic E-state index is 0.376. The first-order valence-corrected chi connectivity index (χ1v) is 6.46. The van der Waals surface area contributed by atoms with E-state index in [2.05, 4.69) is 25.9 Å². The quantitative estimate of drug-likeness (QED) is 0.782. The molecule has 0 saturated heterocycles. The zero-order valence-corrected chi connectivity index (χ0v) is 11.5. The van der Waals surface area contributed by atoms with Gasteiger partial charge >= 0.3 is 0 Å². The van der Waals surface area contributed by atoms with Crippen LogP contribution in [0.1, 0.15) is 0 Å². The number of halogens is 1. The topological polar surface area (TPSA) is 61.0 Å². The van der Waals surface area contributed by atoms with Gasteiger partial charge in [-0.15, -0.1) is 0 Å². The van der Waals surface area contributed by atoms with Crippen molar-refractivity contribution in [3.63, 3.8) is 0 Å². The van der Waals surface area contributed by atoms with Crippen molar-refractivity contribution in [2.75, 3.05) is 5.73 Å². The van der Waals surface area contributed by atoms with E-state index in [-0.39, 0.29) is 0 Å². The molecule has 0 spiro atoms. The lowest BCUT2D eigenvalue weighted by molar-refractivity contribution is 0.469. The molecule has 3 aromatic rings. The van der Waals surface area contributed by atoms with Gasteiger partial charge in [-0.3, -0.25) is 4.98 Å². The van der Waals surface area contributed by atoms with E-state index in [1.165, 1.54) is 0 Å². The fraction of sp³-hybridized carbons (Fsp3) is 0. The maximum Gasteiger partial charge on any atom is 0.242 e. The number of ether oxygens (including phenoxy) is 1. The number of nitrogens with two attached hydrogens (primary N) is 1. The third-order valence-corrected chi connectivity index (χ3v) is 3.08. The summed E-state index contributed by atoms with van der Waals surface area (Å²) in [6, 6.07) is 11.4. The van der Waals surface area contributed by atoms with Crippen LogP contribution >= 0.6 is 15.9 Å². The number of benzene rings is 1. The van der Waals surface area contributed by atoms with E-state index in [1.807, 2.05) is 30.3 Å². The molecule has 1 aromatic carbocycles. The molecule has 19 heavy (non-hydrogen) atoms. The van der Waals surface area contributed by atoms with Crippen LogP contribution in [0, 0.1) is 0 Å². The van der Waals surface area contributed by atoms with Crippen molar-refractivity contribution in [1.82, 2.24) is 9.97 Å². The molecule has 94 valence electrons. The van der Waals surface area contributed by atoms with E-state index in [1.54, 1.807) is 18.5 Å². The normalized spacial score (nSPS) is 10.6. The summed E-state index contributed by atoms with van der Waals surface area (Å²) in [7, 11) is 0. The number of para-hydroxylation sites is 1. The number of aromatic nitrogens is 2. The Morgan fingerprint density at radius 1 is 1.11 bits per heavy atom. The number of anilines is 1. The van der Waals surface area contributed by atoms with E-state index in [4.69, 9.17) is 10.5 Å². The van der Waals surface area contributed by atoms with Crippen LogP contribution in [0.4, 0.5) is 5.69 Å². The number of pyridine rings is 2. The first-order valence-electron chi connectivity index (χ1n) is 5.66. The predicted octanol–water partition coefficient (Wildman–Crippen LogP) is 3.77. The van der Waals surface area contributed by atoms with Crippen molar-refractivity contribution < 1.29 is 4.74 Å². The molecule has 0 atom stereocenters. The predicted molar refractivity (Wildman–Crippen MR) is 78.2 cm³/mol. The van der Waals surface area contributed by atoms with Crippen LogP contribution in [0.25, 0.3) is 10.9 Å². The van der Waals surface area contributed by atoms with E-state index < -0.39 is 0 Å². The summed E-state index contributed by atoms with van der Waals surface area (Å²) in [5.41, 5.74) is 7.14. The second kappa shape index (κ2) is 4.85. The minimum Gasteiger partial charge on any atom is -0.435 e. The molecule has 2 heterocycles. The van der Waals surface area contributed by atoms with Crippen molar-refractivity contribution in [3.8, 4) is 11.6 Å². The molecule has 0 amide bonds. The summed E-state index contributed by atoms with van der Waals surface area (Å²) < 4.78 is 6.57. The van der Waals surface area contributed by atoms with Gasteiger partial charge in [0.2, 0.25) is 5.88 Å². The lowest BCUT2D eigenvalue weighted by Gasteiger charge is -2.09. The van der Waals surface area contributed by atoms with Crippen LogP contribution in [0.3, 0.4) is 0 Å². The first kappa shape index (κ1) is 11.9. The second-order valence-corrected chi connectivity index (χ2v) is 4.90. The molecule has 0 bridgehead atoms. The Bertz CT molecular complexity index is 740. The summed E-state index contributed by atoms with van der Waals surface area (Å²) in [4.78, 5) is 8.48. The highest BCUT2D eigenvalue weighted by Crippen LogP contribution is 2.31. The molecule has 3 rings (SSSR count). The summed E-state index contributed by atoms with van der Waals surface area (Å²) in [5.74, 6) is 1.01. The molecular formula is C14H10BrN3O. The highest BCUT2D eigenvalue weighted by Gasteiger charge is 2.08. The fourth-order valence-corrected chi connectivity index (χ4v) is 2.14. The maximum absolute atomic E-state index is 5.88. The van der Waals surface area contributed by atoms with Gasteiger partial charge in [-0.05, 0) is 34.1 Å². The average Bonchev–Trinajstić information content (AvgIpc) is 2.42. The van der Waals surface area contributed by atoms with Crippen LogP contribution in [-0.2, 0) is 0 Å². The Balaban J connectivity index is 2.06. The molecule has 2 N–H and O–H groups in total. The van der Waals surface area contributed by atoms with Crippen molar-refractivity contribution >= 4 is 32.5 Å². The number of fused-ring (bicyclic) bond motifs is 1. The largest absolute Gasteiger partial charge is 0.435 e. The Kier molecular flexibility index (Phi) is 3.05. The zero-order valence-electron chi connectivity index (χ0n) is 9.88. The second-order valence-electron chi connectivity index (χ2n) is 3.98. The van der Waals surface area contributed by atoms with Gasteiger partial charge in [-0.25, -0.2) is 4.98 Å². The Morgan fingerprint density at radius 3 is 2.79 bits per heavy atom. The van der Waals surface area contributed by atoms with Crippen LogP contribution in [-0.4, -0.2) is 9.97 Å². The standard InChI is InChI=1S/C14H10BrN3O/c15-10-7-11(16)14(18-8-10)19-12-5-1-3-9-4-2-6-17-13(9)12/h1-8H,16H2. The molecule has 0 aliphatic rings. The molecule has 0 radical (unpaired) electrons. The third-order valence-electron chi connectivity index (χ3n) is 2.65. The van der Waals surface area contributed by atoms with Gasteiger partial charge in [0.05, 0.1) is 5.69 Å².